The van der Waals surface area contributed by atoms with Gasteiger partial charge >= 0.3 is 6.09 Å². The van der Waals surface area contributed by atoms with Gasteiger partial charge in [0, 0.05) is 31.4 Å². The zero-order valence-corrected chi connectivity index (χ0v) is 24.1. The Kier molecular flexibility index (Phi) is 7.84. The highest BCUT2D eigenvalue weighted by molar-refractivity contribution is 5.86. The molecule has 5 rings (SSSR count). The highest BCUT2D eigenvalue weighted by atomic mass is 19.1. The van der Waals surface area contributed by atoms with Crippen LogP contribution in [0.4, 0.5) is 9.18 Å². The van der Waals surface area contributed by atoms with Gasteiger partial charge in [-0.1, -0.05) is 32.1 Å². The van der Waals surface area contributed by atoms with E-state index in [4.69, 9.17) is 4.74 Å². The highest BCUT2D eigenvalue weighted by Crippen LogP contribution is 2.47. The van der Waals surface area contributed by atoms with E-state index in [9.17, 15) is 19.2 Å². The summed E-state index contributed by atoms with van der Waals surface area (Å²) in [6, 6.07) is 7.93. The molecule has 5 unspecified atom stereocenters. The second kappa shape index (κ2) is 11.0. The van der Waals surface area contributed by atoms with Crippen molar-refractivity contribution in [3.05, 3.63) is 47.9 Å². The van der Waals surface area contributed by atoms with Crippen molar-refractivity contribution >= 4 is 12.0 Å². The van der Waals surface area contributed by atoms with Crippen LogP contribution in [-0.4, -0.2) is 76.1 Å². The molecule has 0 aromatic heterocycles. The molecule has 8 nitrogen and oxygen atoms in total. The van der Waals surface area contributed by atoms with E-state index in [-0.39, 0.29) is 35.9 Å². The van der Waals surface area contributed by atoms with Crippen molar-refractivity contribution in [1.29, 1.82) is 5.26 Å². The first-order chi connectivity index (χ1) is 18.9. The van der Waals surface area contributed by atoms with Crippen molar-refractivity contribution in [1.82, 2.24) is 20.0 Å². The van der Waals surface area contributed by atoms with Gasteiger partial charge in [-0.3, -0.25) is 9.69 Å². The predicted octanol–water partition coefficient (Wildman–Crippen LogP) is 4.59. The van der Waals surface area contributed by atoms with Crippen LogP contribution in [0.3, 0.4) is 0 Å². The van der Waals surface area contributed by atoms with Gasteiger partial charge in [0.05, 0.1) is 24.2 Å². The average molecular weight is 552 g/mol. The molecule has 0 radical (unpaired) electrons. The number of ether oxygens (including phenoxy) is 1. The molecule has 3 aliphatic heterocycles. The van der Waals surface area contributed by atoms with Gasteiger partial charge in [0.15, 0.2) is 0 Å². The van der Waals surface area contributed by atoms with Crippen LogP contribution in [0.1, 0.15) is 71.4 Å². The van der Waals surface area contributed by atoms with Crippen LogP contribution in [0.2, 0.25) is 0 Å². The molecule has 6 atom stereocenters. The Labute approximate surface area is 237 Å². The lowest BCUT2D eigenvalue weighted by atomic mass is 9.76. The molecule has 1 aromatic carbocycles. The lowest BCUT2D eigenvalue weighted by Crippen LogP contribution is -2.57. The van der Waals surface area contributed by atoms with E-state index in [2.05, 4.69) is 34.7 Å². The summed E-state index contributed by atoms with van der Waals surface area (Å²) in [5.41, 5.74) is 1.02. The summed E-state index contributed by atoms with van der Waals surface area (Å²) in [6.45, 7) is 13.7. The third-order valence-corrected chi connectivity index (χ3v) is 8.96. The van der Waals surface area contributed by atoms with Crippen molar-refractivity contribution in [2.75, 3.05) is 19.6 Å². The topological polar surface area (TPSA) is 88.9 Å². The molecule has 1 aromatic rings. The number of alkyl carbamates (subject to hydrolysis) is 1. The summed E-state index contributed by atoms with van der Waals surface area (Å²) >= 11 is 0. The van der Waals surface area contributed by atoms with Crippen LogP contribution in [0.15, 0.2) is 36.5 Å². The fourth-order valence-corrected chi connectivity index (χ4v) is 6.94. The van der Waals surface area contributed by atoms with Gasteiger partial charge < -0.3 is 19.9 Å². The standard InChI is InChI=1S/C31H42FN5O3/c1-19-13-24(15-33)36(16-19)20(2)26(34-30(39)40-31(3,4)5)18-35-17-25-14-27(35)29(38)37(25)28(21-7-6-8-21)22-9-11-23(32)12-10-22/h9-12,19,21,24-28H,2,6-8,13-14,16-18H2,1,3-5H3,(H,34,39)/t19?,24?,25-,26?,27?,28?/m0/s1. The molecule has 216 valence electrons. The lowest BCUT2D eigenvalue weighted by Gasteiger charge is -2.45. The second-order valence-electron chi connectivity index (χ2n) is 13.1. The van der Waals surface area contributed by atoms with Crippen molar-refractivity contribution < 1.29 is 18.7 Å². The predicted molar refractivity (Wildman–Crippen MR) is 149 cm³/mol. The number of nitriles is 1. The molecule has 1 saturated carbocycles. The summed E-state index contributed by atoms with van der Waals surface area (Å²) in [4.78, 5) is 33.0. The average Bonchev–Trinajstić information content (AvgIpc) is 3.52. The zero-order chi connectivity index (χ0) is 28.8. The molecule has 4 fully saturated rings. The first-order valence-electron chi connectivity index (χ1n) is 14.6. The molecule has 1 aliphatic carbocycles. The number of rotatable bonds is 8. The van der Waals surface area contributed by atoms with E-state index >= 15 is 0 Å². The molecule has 0 spiro atoms. The molecular weight excluding hydrogens is 509 g/mol. The molecule has 2 bridgehead atoms. The van der Waals surface area contributed by atoms with E-state index in [1.165, 1.54) is 12.1 Å². The Morgan fingerprint density at radius 1 is 1.23 bits per heavy atom. The Morgan fingerprint density at radius 2 is 1.93 bits per heavy atom. The fraction of sp³-hybridized carbons (Fsp3) is 0.645. The minimum absolute atomic E-state index is 0.0351. The van der Waals surface area contributed by atoms with Gasteiger partial charge in [0.25, 0.3) is 0 Å². The Morgan fingerprint density at radius 3 is 2.50 bits per heavy atom. The van der Waals surface area contributed by atoms with E-state index in [0.717, 1.165) is 37.7 Å². The van der Waals surface area contributed by atoms with Gasteiger partial charge in [0.1, 0.15) is 17.5 Å². The summed E-state index contributed by atoms with van der Waals surface area (Å²) in [5, 5.41) is 12.8. The van der Waals surface area contributed by atoms with Crippen molar-refractivity contribution in [3.63, 3.8) is 0 Å². The van der Waals surface area contributed by atoms with Crippen LogP contribution in [0.25, 0.3) is 0 Å². The molecule has 9 heteroatoms. The monoisotopic (exact) mass is 551 g/mol. The van der Waals surface area contributed by atoms with Crippen LogP contribution < -0.4 is 5.32 Å². The molecule has 2 amide bonds. The fourth-order valence-electron chi connectivity index (χ4n) is 6.94. The van der Waals surface area contributed by atoms with Crippen LogP contribution in [-0.2, 0) is 9.53 Å². The molecule has 4 aliphatic rings. The summed E-state index contributed by atoms with van der Waals surface area (Å²) in [6.07, 6.45) is 4.24. The normalized spacial score (nSPS) is 28.2. The molecule has 3 saturated heterocycles. The van der Waals surface area contributed by atoms with E-state index < -0.39 is 17.7 Å². The highest BCUT2D eigenvalue weighted by Gasteiger charge is 2.54. The first kappa shape index (κ1) is 28.4. The number of likely N-dealkylation sites (tertiary alicyclic amines) is 3. The number of amides is 2. The minimum atomic E-state index is -0.659. The van der Waals surface area contributed by atoms with E-state index in [1.807, 2.05) is 37.8 Å². The van der Waals surface area contributed by atoms with Gasteiger partial charge in [-0.2, -0.15) is 5.26 Å². The first-order valence-corrected chi connectivity index (χ1v) is 14.6. The Bertz CT molecular complexity index is 1170. The minimum Gasteiger partial charge on any atom is -0.444 e. The Hall–Kier alpha value is -3.12. The lowest BCUT2D eigenvalue weighted by molar-refractivity contribution is -0.141. The molecule has 40 heavy (non-hydrogen) atoms. The molecule has 3 heterocycles. The molecule has 1 N–H and O–H groups in total. The number of piperazine rings is 1. The second-order valence-corrected chi connectivity index (χ2v) is 13.1. The Balaban J connectivity index is 1.33. The van der Waals surface area contributed by atoms with E-state index in [1.54, 1.807) is 0 Å². The largest absolute Gasteiger partial charge is 0.444 e. The maximum Gasteiger partial charge on any atom is 0.408 e. The van der Waals surface area contributed by atoms with Crippen LogP contribution in [0.5, 0.6) is 0 Å². The maximum absolute atomic E-state index is 13.9. The van der Waals surface area contributed by atoms with Crippen LogP contribution in [0, 0.1) is 29.0 Å². The zero-order valence-electron chi connectivity index (χ0n) is 24.1. The third-order valence-electron chi connectivity index (χ3n) is 8.96. The van der Waals surface area contributed by atoms with Gasteiger partial charge in [-0.25, -0.2) is 9.18 Å². The van der Waals surface area contributed by atoms with Crippen molar-refractivity contribution in [3.8, 4) is 6.07 Å². The van der Waals surface area contributed by atoms with Gasteiger partial charge in [-0.15, -0.1) is 0 Å². The quantitative estimate of drug-likeness (QED) is 0.508. The number of carbonyl (C=O) groups excluding carboxylic acids is 2. The van der Waals surface area contributed by atoms with Crippen molar-refractivity contribution in [2.45, 2.75) is 95.6 Å². The maximum atomic E-state index is 13.9. The van der Waals surface area contributed by atoms with Gasteiger partial charge in [0.2, 0.25) is 5.91 Å². The summed E-state index contributed by atoms with van der Waals surface area (Å²) < 4.78 is 19.3. The van der Waals surface area contributed by atoms with Gasteiger partial charge in [-0.05, 0) is 76.0 Å². The van der Waals surface area contributed by atoms with Crippen molar-refractivity contribution in [2.24, 2.45) is 11.8 Å². The number of fused-ring (bicyclic) bond motifs is 2. The number of nitrogens with one attached hydrogen (secondary N) is 1. The number of benzene rings is 1. The summed E-state index contributed by atoms with van der Waals surface area (Å²) in [7, 11) is 0. The van der Waals surface area contributed by atoms with Crippen LogP contribution >= 0.6 is 0 Å². The number of nitrogens with zero attached hydrogens (tertiary/aromatic N) is 4. The number of hydrogen-bond acceptors (Lipinski definition) is 6. The smallest absolute Gasteiger partial charge is 0.408 e. The third kappa shape index (κ3) is 5.69. The number of carbonyl (C=O) groups is 2. The SMILES string of the molecule is C=C(C(CN1C[C@@H]2CC1C(=O)N2C(c1ccc(F)cc1)C1CCC1)NC(=O)OC(C)(C)C)N1CC(C)CC1C#N. The summed E-state index contributed by atoms with van der Waals surface area (Å²) in [5.74, 6) is 0.565. The number of hydrogen-bond donors (Lipinski definition) is 1. The molecular formula is C31H42FN5O3. The van der Waals surface area contributed by atoms with E-state index in [0.29, 0.717) is 37.2 Å². The number of halogens is 1.